The van der Waals surface area contributed by atoms with Gasteiger partial charge in [0.1, 0.15) is 29.1 Å². The molecule has 0 bridgehead atoms. The number of unbranched alkanes of at least 4 members (excludes halogenated alkanes) is 1. The highest BCUT2D eigenvalue weighted by Gasteiger charge is 2.25. The molecule has 31 heavy (non-hydrogen) atoms. The molecule has 3 aromatic carbocycles. The monoisotopic (exact) mass is 428 g/mol. The second-order valence-electron chi connectivity index (χ2n) is 7.84. The zero-order chi connectivity index (χ0) is 22.1. The van der Waals surface area contributed by atoms with Crippen molar-refractivity contribution in [2.75, 3.05) is 0 Å². The number of hydrogen-bond acceptors (Lipinski definition) is 0. The summed E-state index contributed by atoms with van der Waals surface area (Å²) < 4.78 is 72.5. The Morgan fingerprint density at radius 2 is 1.45 bits per heavy atom. The maximum Gasteiger partial charge on any atom is 0.137 e. The summed E-state index contributed by atoms with van der Waals surface area (Å²) in [5.74, 6) is -3.35. The van der Waals surface area contributed by atoms with Crippen LogP contribution in [0, 0.1) is 29.1 Å². The van der Waals surface area contributed by atoms with Crippen LogP contribution in [0.3, 0.4) is 0 Å². The summed E-state index contributed by atoms with van der Waals surface area (Å²) in [5, 5.41) is 0. The van der Waals surface area contributed by atoms with Gasteiger partial charge in [-0.2, -0.15) is 0 Å². The van der Waals surface area contributed by atoms with E-state index in [-0.39, 0.29) is 35.1 Å². The molecule has 4 rings (SSSR count). The molecular formula is C26H21F5. The highest BCUT2D eigenvalue weighted by molar-refractivity contribution is 5.74. The van der Waals surface area contributed by atoms with Gasteiger partial charge in [0, 0.05) is 5.56 Å². The molecule has 1 aliphatic rings. The van der Waals surface area contributed by atoms with Crippen molar-refractivity contribution in [1.82, 2.24) is 0 Å². The summed E-state index contributed by atoms with van der Waals surface area (Å²) in [4.78, 5) is 0. The lowest BCUT2D eigenvalue weighted by Gasteiger charge is -2.21. The topological polar surface area (TPSA) is 0 Å². The number of aryl methyl sites for hydroxylation is 1. The van der Waals surface area contributed by atoms with E-state index >= 15 is 4.39 Å². The average Bonchev–Trinajstić information content (AvgIpc) is 2.73. The van der Waals surface area contributed by atoms with Crippen LogP contribution in [0.4, 0.5) is 22.0 Å². The lowest BCUT2D eigenvalue weighted by molar-refractivity contribution is 0.569. The summed E-state index contributed by atoms with van der Waals surface area (Å²) in [6.07, 6.45) is 4.05. The predicted molar refractivity (Wildman–Crippen MR) is 112 cm³/mol. The van der Waals surface area contributed by atoms with Crippen molar-refractivity contribution in [2.45, 2.75) is 39.0 Å². The highest BCUT2D eigenvalue weighted by atomic mass is 19.1. The fourth-order valence-electron chi connectivity index (χ4n) is 4.12. The summed E-state index contributed by atoms with van der Waals surface area (Å²) in [6.45, 7) is 2.01. The first-order valence-corrected chi connectivity index (χ1v) is 10.3. The van der Waals surface area contributed by atoms with Crippen molar-refractivity contribution in [3.8, 4) is 11.1 Å². The zero-order valence-corrected chi connectivity index (χ0v) is 17.0. The molecule has 0 radical (unpaired) electrons. The van der Waals surface area contributed by atoms with Gasteiger partial charge in [-0.25, -0.2) is 22.0 Å². The number of benzene rings is 3. The highest BCUT2D eigenvalue weighted by Crippen LogP contribution is 2.37. The van der Waals surface area contributed by atoms with E-state index in [0.717, 1.165) is 25.0 Å². The van der Waals surface area contributed by atoms with E-state index in [4.69, 9.17) is 0 Å². The van der Waals surface area contributed by atoms with Gasteiger partial charge in [0.15, 0.2) is 0 Å². The molecule has 0 aliphatic heterocycles. The van der Waals surface area contributed by atoms with Crippen LogP contribution in [0.2, 0.25) is 0 Å². The van der Waals surface area contributed by atoms with Gasteiger partial charge in [0.25, 0.3) is 0 Å². The van der Waals surface area contributed by atoms with Gasteiger partial charge < -0.3 is 0 Å². The van der Waals surface area contributed by atoms with Gasteiger partial charge in [-0.15, -0.1) is 0 Å². The average molecular weight is 428 g/mol. The third kappa shape index (κ3) is 4.14. The number of rotatable bonds is 5. The standard InChI is InChI=1S/C26H21F5/c1-2-3-4-15-11-21(28)24(22(29)12-15)17-7-10-20-18(13-17)14-23(30)25(26(20)31)16-5-8-19(27)9-6-16/h5-9,11-12,14H,2-4,10,13H2,1H3. The first-order chi connectivity index (χ1) is 14.9. The first kappa shape index (κ1) is 21.3. The Balaban J connectivity index is 1.69. The second kappa shape index (κ2) is 8.66. The van der Waals surface area contributed by atoms with Gasteiger partial charge in [0.05, 0.1) is 5.56 Å². The molecule has 160 valence electrons. The van der Waals surface area contributed by atoms with E-state index in [9.17, 15) is 17.6 Å². The van der Waals surface area contributed by atoms with Crippen LogP contribution in [0.25, 0.3) is 16.7 Å². The van der Waals surface area contributed by atoms with Crippen molar-refractivity contribution >= 4 is 5.57 Å². The second-order valence-corrected chi connectivity index (χ2v) is 7.84. The van der Waals surface area contributed by atoms with Gasteiger partial charge in [0.2, 0.25) is 0 Å². The van der Waals surface area contributed by atoms with E-state index in [1.54, 1.807) is 6.08 Å². The Morgan fingerprint density at radius 3 is 2.10 bits per heavy atom. The third-order valence-corrected chi connectivity index (χ3v) is 5.72. The van der Waals surface area contributed by atoms with Crippen molar-refractivity contribution in [2.24, 2.45) is 0 Å². The largest absolute Gasteiger partial charge is 0.207 e. The van der Waals surface area contributed by atoms with Crippen molar-refractivity contribution < 1.29 is 22.0 Å². The van der Waals surface area contributed by atoms with Gasteiger partial charge in [-0.3, -0.25) is 0 Å². The summed E-state index contributed by atoms with van der Waals surface area (Å²) in [6, 6.07) is 8.79. The summed E-state index contributed by atoms with van der Waals surface area (Å²) in [7, 11) is 0. The molecule has 0 N–H and O–H groups in total. The summed E-state index contributed by atoms with van der Waals surface area (Å²) >= 11 is 0. The van der Waals surface area contributed by atoms with E-state index in [1.165, 1.54) is 30.3 Å². The Labute approximate surface area is 178 Å². The predicted octanol–water partition coefficient (Wildman–Crippen LogP) is 7.57. The van der Waals surface area contributed by atoms with E-state index in [1.807, 2.05) is 6.92 Å². The van der Waals surface area contributed by atoms with E-state index < -0.39 is 29.1 Å². The Morgan fingerprint density at radius 1 is 0.806 bits per heavy atom. The van der Waals surface area contributed by atoms with Gasteiger partial charge >= 0.3 is 0 Å². The minimum absolute atomic E-state index is 0.0228. The van der Waals surface area contributed by atoms with Crippen molar-refractivity contribution in [3.05, 3.63) is 99.9 Å². The Bertz CT molecular complexity index is 1140. The minimum atomic E-state index is -0.792. The molecule has 0 unspecified atom stereocenters. The van der Waals surface area contributed by atoms with Crippen molar-refractivity contribution in [1.29, 1.82) is 0 Å². The first-order valence-electron chi connectivity index (χ1n) is 10.3. The minimum Gasteiger partial charge on any atom is -0.207 e. The van der Waals surface area contributed by atoms with E-state index in [2.05, 4.69) is 0 Å². The maximum atomic E-state index is 15.1. The molecule has 0 nitrogen and oxygen atoms in total. The summed E-state index contributed by atoms with van der Waals surface area (Å²) in [5.41, 5.74) is 1.46. The third-order valence-electron chi connectivity index (χ3n) is 5.72. The normalized spacial score (nSPS) is 13.2. The molecule has 3 aromatic rings. The molecule has 0 saturated carbocycles. The maximum absolute atomic E-state index is 15.1. The lowest BCUT2D eigenvalue weighted by atomic mass is 9.85. The van der Waals surface area contributed by atoms with Gasteiger partial charge in [-0.05, 0) is 83.8 Å². The number of fused-ring (bicyclic) bond motifs is 1. The fraction of sp³-hybridized carbons (Fsp3) is 0.231. The number of halogens is 5. The molecule has 0 saturated heterocycles. The molecule has 0 spiro atoms. The molecule has 0 fully saturated rings. The van der Waals surface area contributed by atoms with Crippen LogP contribution in [0.1, 0.15) is 42.0 Å². The number of allylic oxidation sites excluding steroid dienone is 2. The molecule has 0 aromatic heterocycles. The molecule has 0 amide bonds. The Kier molecular flexibility index (Phi) is 5.94. The smallest absolute Gasteiger partial charge is 0.137 e. The van der Waals surface area contributed by atoms with Crippen LogP contribution in [-0.2, 0) is 19.3 Å². The van der Waals surface area contributed by atoms with E-state index in [0.29, 0.717) is 23.1 Å². The van der Waals surface area contributed by atoms with Gasteiger partial charge in [-0.1, -0.05) is 31.6 Å². The molecule has 1 aliphatic carbocycles. The van der Waals surface area contributed by atoms with Crippen LogP contribution < -0.4 is 0 Å². The van der Waals surface area contributed by atoms with Crippen LogP contribution in [0.5, 0.6) is 0 Å². The van der Waals surface area contributed by atoms with Crippen LogP contribution in [0.15, 0.2) is 48.5 Å². The zero-order valence-electron chi connectivity index (χ0n) is 17.0. The SMILES string of the molecule is CCCCc1cc(F)c(C2=CCc3c(cc(F)c(-c4ccc(F)cc4)c3F)C2)c(F)c1. The fourth-order valence-corrected chi connectivity index (χ4v) is 4.12. The molecular weight excluding hydrogens is 407 g/mol. The van der Waals surface area contributed by atoms with Crippen LogP contribution >= 0.6 is 0 Å². The van der Waals surface area contributed by atoms with Crippen molar-refractivity contribution in [3.63, 3.8) is 0 Å². The number of hydrogen-bond donors (Lipinski definition) is 0. The quantitative estimate of drug-likeness (QED) is 0.368. The molecule has 0 atom stereocenters. The van der Waals surface area contributed by atoms with Crippen LogP contribution in [-0.4, -0.2) is 0 Å². The lowest BCUT2D eigenvalue weighted by Crippen LogP contribution is -2.10. The molecule has 5 heteroatoms. The Hall–Kier alpha value is -2.95. The molecule has 0 heterocycles.